The molecule has 0 unspecified atom stereocenters. The van der Waals surface area contributed by atoms with Gasteiger partial charge in [0.2, 0.25) is 0 Å². The molecule has 132 valence electrons. The summed E-state index contributed by atoms with van der Waals surface area (Å²) < 4.78 is 0. The van der Waals surface area contributed by atoms with Gasteiger partial charge < -0.3 is 4.98 Å². The number of H-pyrrole nitrogens is 1. The minimum Gasteiger partial charge on any atom is -0.309 e. The zero-order valence-electron chi connectivity index (χ0n) is 15.1. The van der Waals surface area contributed by atoms with Gasteiger partial charge in [-0.05, 0) is 43.2 Å². The first-order valence-corrected chi connectivity index (χ1v) is 8.81. The summed E-state index contributed by atoms with van der Waals surface area (Å²) in [5.41, 5.74) is 2.33. The predicted molar refractivity (Wildman–Crippen MR) is 103 cm³/mol. The van der Waals surface area contributed by atoms with Crippen molar-refractivity contribution in [2.45, 2.75) is 39.4 Å². The van der Waals surface area contributed by atoms with Crippen LogP contribution in [0.25, 0.3) is 10.9 Å². The predicted octanol–water partition coefficient (Wildman–Crippen LogP) is 3.60. The molecular formula is C21H22N4O. The molecule has 0 bridgehead atoms. The number of aromatic amines is 1. The number of hydrogen-bond donors (Lipinski definition) is 1. The standard InChI is InChI=1S/C21H22N4O/c1-3-15(2)25(13-17-8-6-7-16(11-17)12-22)14-20-23-19-10-5-4-9-18(19)21(26)24-20/h4-11,15H,3,13-14H2,1-2H3,(H,23,24,26)/t15-/m0/s1. The van der Waals surface area contributed by atoms with Gasteiger partial charge in [0.1, 0.15) is 5.82 Å². The van der Waals surface area contributed by atoms with Crippen LogP contribution >= 0.6 is 0 Å². The number of nitrogens with zero attached hydrogens (tertiary/aromatic N) is 3. The molecule has 1 heterocycles. The van der Waals surface area contributed by atoms with Crippen LogP contribution in [0.15, 0.2) is 53.3 Å². The molecule has 5 nitrogen and oxygen atoms in total. The topological polar surface area (TPSA) is 72.8 Å². The van der Waals surface area contributed by atoms with Crippen molar-refractivity contribution >= 4 is 10.9 Å². The Morgan fingerprint density at radius 2 is 2.00 bits per heavy atom. The van der Waals surface area contributed by atoms with Crippen molar-refractivity contribution in [3.63, 3.8) is 0 Å². The summed E-state index contributed by atoms with van der Waals surface area (Å²) in [7, 11) is 0. The fourth-order valence-electron chi connectivity index (χ4n) is 3.00. The first-order valence-electron chi connectivity index (χ1n) is 8.81. The van der Waals surface area contributed by atoms with Crippen molar-refractivity contribution in [2.75, 3.05) is 0 Å². The highest BCUT2D eigenvalue weighted by atomic mass is 16.1. The van der Waals surface area contributed by atoms with Crippen LogP contribution in [-0.2, 0) is 13.1 Å². The molecule has 0 saturated carbocycles. The quantitative estimate of drug-likeness (QED) is 0.740. The van der Waals surface area contributed by atoms with Gasteiger partial charge >= 0.3 is 0 Å². The minimum absolute atomic E-state index is 0.110. The molecule has 1 N–H and O–H groups in total. The maximum Gasteiger partial charge on any atom is 0.258 e. The summed E-state index contributed by atoms with van der Waals surface area (Å²) in [5.74, 6) is 0.658. The summed E-state index contributed by atoms with van der Waals surface area (Å²) in [5, 5.41) is 9.71. The fraction of sp³-hybridized carbons (Fsp3) is 0.286. The number of nitriles is 1. The van der Waals surface area contributed by atoms with Gasteiger partial charge in [0, 0.05) is 12.6 Å². The largest absolute Gasteiger partial charge is 0.309 e. The summed E-state index contributed by atoms with van der Waals surface area (Å²) in [6, 6.07) is 17.5. The number of fused-ring (bicyclic) bond motifs is 1. The van der Waals surface area contributed by atoms with E-state index in [-0.39, 0.29) is 5.56 Å². The third kappa shape index (κ3) is 3.98. The van der Waals surface area contributed by atoms with Crippen molar-refractivity contribution < 1.29 is 0 Å². The highest BCUT2D eigenvalue weighted by Gasteiger charge is 2.15. The molecule has 0 radical (unpaired) electrons. The van der Waals surface area contributed by atoms with Gasteiger partial charge in [0.05, 0.1) is 29.1 Å². The van der Waals surface area contributed by atoms with E-state index in [4.69, 9.17) is 5.26 Å². The smallest absolute Gasteiger partial charge is 0.258 e. The van der Waals surface area contributed by atoms with Crippen molar-refractivity contribution in [1.29, 1.82) is 5.26 Å². The normalized spacial score (nSPS) is 12.2. The molecule has 0 aliphatic rings. The highest BCUT2D eigenvalue weighted by Crippen LogP contribution is 2.15. The van der Waals surface area contributed by atoms with Gasteiger partial charge in [-0.2, -0.15) is 5.26 Å². The highest BCUT2D eigenvalue weighted by molar-refractivity contribution is 5.77. The van der Waals surface area contributed by atoms with Crippen molar-refractivity contribution in [3.8, 4) is 6.07 Å². The van der Waals surface area contributed by atoms with Gasteiger partial charge in [-0.1, -0.05) is 31.2 Å². The van der Waals surface area contributed by atoms with E-state index in [2.05, 4.69) is 34.8 Å². The van der Waals surface area contributed by atoms with Gasteiger partial charge in [0.15, 0.2) is 0 Å². The van der Waals surface area contributed by atoms with Crippen LogP contribution < -0.4 is 5.56 Å². The van der Waals surface area contributed by atoms with Crippen LogP contribution in [0.5, 0.6) is 0 Å². The lowest BCUT2D eigenvalue weighted by atomic mass is 10.1. The second kappa shape index (κ2) is 7.94. The number of hydrogen-bond acceptors (Lipinski definition) is 4. The van der Waals surface area contributed by atoms with E-state index in [1.54, 1.807) is 12.1 Å². The average Bonchev–Trinajstić information content (AvgIpc) is 2.67. The van der Waals surface area contributed by atoms with Crippen LogP contribution in [0, 0.1) is 11.3 Å². The van der Waals surface area contributed by atoms with Crippen LogP contribution in [0.3, 0.4) is 0 Å². The zero-order chi connectivity index (χ0) is 18.5. The van der Waals surface area contributed by atoms with Gasteiger partial charge in [0.25, 0.3) is 5.56 Å². The van der Waals surface area contributed by atoms with E-state index in [0.29, 0.717) is 41.4 Å². The Morgan fingerprint density at radius 3 is 2.77 bits per heavy atom. The Hall–Kier alpha value is -2.97. The lowest BCUT2D eigenvalue weighted by Crippen LogP contribution is -2.33. The molecule has 3 aromatic rings. The van der Waals surface area contributed by atoms with Gasteiger partial charge in [-0.3, -0.25) is 9.69 Å². The third-order valence-corrected chi connectivity index (χ3v) is 4.67. The SMILES string of the molecule is CC[C@H](C)N(Cc1cccc(C#N)c1)Cc1nc2ccccc2c(=O)[nH]1. The molecule has 0 aliphatic heterocycles. The molecule has 3 rings (SSSR count). The van der Waals surface area contributed by atoms with Gasteiger partial charge in [-0.15, -0.1) is 0 Å². The number of aromatic nitrogens is 2. The molecule has 2 aromatic carbocycles. The van der Waals surface area contributed by atoms with E-state index in [9.17, 15) is 4.79 Å². The monoisotopic (exact) mass is 346 g/mol. The molecule has 1 atom stereocenters. The lowest BCUT2D eigenvalue weighted by molar-refractivity contribution is 0.181. The zero-order valence-corrected chi connectivity index (χ0v) is 15.1. The molecule has 26 heavy (non-hydrogen) atoms. The van der Waals surface area contributed by atoms with Crippen LogP contribution in [-0.4, -0.2) is 20.9 Å². The fourth-order valence-corrected chi connectivity index (χ4v) is 3.00. The van der Waals surface area contributed by atoms with Crippen LogP contribution in [0.2, 0.25) is 0 Å². The Labute approximate surface area is 152 Å². The summed E-state index contributed by atoms with van der Waals surface area (Å²) in [4.78, 5) is 22.1. The number of benzene rings is 2. The Morgan fingerprint density at radius 1 is 1.19 bits per heavy atom. The average molecular weight is 346 g/mol. The van der Waals surface area contributed by atoms with E-state index >= 15 is 0 Å². The molecule has 0 spiro atoms. The summed E-state index contributed by atoms with van der Waals surface area (Å²) in [6.07, 6.45) is 0.982. The second-order valence-electron chi connectivity index (χ2n) is 6.50. The van der Waals surface area contributed by atoms with Crippen molar-refractivity contribution in [3.05, 3.63) is 75.8 Å². The Kier molecular flexibility index (Phi) is 5.45. The Bertz CT molecular complexity index is 1000. The molecule has 5 heteroatoms. The summed E-state index contributed by atoms with van der Waals surface area (Å²) in [6.45, 7) is 5.54. The minimum atomic E-state index is -0.110. The van der Waals surface area contributed by atoms with Crippen LogP contribution in [0.4, 0.5) is 0 Å². The molecule has 1 aromatic heterocycles. The molecule has 0 aliphatic carbocycles. The molecule has 0 amide bonds. The van der Waals surface area contributed by atoms with Crippen molar-refractivity contribution in [2.24, 2.45) is 0 Å². The van der Waals surface area contributed by atoms with Gasteiger partial charge in [-0.25, -0.2) is 4.98 Å². The maximum absolute atomic E-state index is 12.3. The van der Waals surface area contributed by atoms with Crippen LogP contribution in [0.1, 0.15) is 37.2 Å². The van der Waals surface area contributed by atoms with E-state index in [0.717, 1.165) is 12.0 Å². The second-order valence-corrected chi connectivity index (χ2v) is 6.50. The Balaban J connectivity index is 1.89. The first kappa shape index (κ1) is 17.8. The third-order valence-electron chi connectivity index (χ3n) is 4.67. The number of nitrogens with one attached hydrogen (secondary N) is 1. The molecule has 0 saturated heterocycles. The van der Waals surface area contributed by atoms with Crippen molar-refractivity contribution in [1.82, 2.24) is 14.9 Å². The van der Waals surface area contributed by atoms with E-state index in [1.165, 1.54) is 0 Å². The first-order chi connectivity index (χ1) is 12.6. The van der Waals surface area contributed by atoms with E-state index < -0.39 is 0 Å². The molecule has 0 fully saturated rings. The molecular weight excluding hydrogens is 324 g/mol. The maximum atomic E-state index is 12.3. The number of rotatable bonds is 6. The summed E-state index contributed by atoms with van der Waals surface area (Å²) >= 11 is 0. The number of para-hydroxylation sites is 1. The van der Waals surface area contributed by atoms with E-state index in [1.807, 2.05) is 36.4 Å². The lowest BCUT2D eigenvalue weighted by Gasteiger charge is -2.28.